The van der Waals surface area contributed by atoms with Gasteiger partial charge in [-0.3, -0.25) is 4.98 Å². The van der Waals surface area contributed by atoms with Crippen molar-refractivity contribution in [1.82, 2.24) is 4.98 Å². The third-order valence-corrected chi connectivity index (χ3v) is 6.33. The summed E-state index contributed by atoms with van der Waals surface area (Å²) in [6, 6.07) is 21.6. The first-order valence-electron chi connectivity index (χ1n) is 10.9. The van der Waals surface area contributed by atoms with E-state index in [0.29, 0.717) is 5.92 Å². The Morgan fingerprint density at radius 1 is 0.806 bits per heavy atom. The average Bonchev–Trinajstić information content (AvgIpc) is 3.13. The zero-order valence-corrected chi connectivity index (χ0v) is 18.8. The highest BCUT2D eigenvalue weighted by Crippen LogP contribution is 2.39. The predicted octanol–water partition coefficient (Wildman–Crippen LogP) is 8.36. The van der Waals surface area contributed by atoms with Crippen LogP contribution in [0.15, 0.2) is 71.3 Å². The fourth-order valence-electron chi connectivity index (χ4n) is 4.63. The first-order valence-corrected chi connectivity index (χ1v) is 10.9. The van der Waals surface area contributed by atoms with Crippen LogP contribution in [0.3, 0.4) is 0 Å². The Morgan fingerprint density at radius 3 is 2.32 bits per heavy atom. The second-order valence-electron chi connectivity index (χ2n) is 8.84. The molecule has 0 saturated carbocycles. The molecule has 0 fully saturated rings. The van der Waals surface area contributed by atoms with Gasteiger partial charge in [0.2, 0.25) is 0 Å². The van der Waals surface area contributed by atoms with Crippen molar-refractivity contribution in [2.45, 2.75) is 40.5 Å². The molecule has 2 heteroatoms. The number of rotatable bonds is 3. The lowest BCUT2D eigenvalue weighted by Crippen LogP contribution is -1.91. The van der Waals surface area contributed by atoms with E-state index in [0.717, 1.165) is 27.8 Å². The summed E-state index contributed by atoms with van der Waals surface area (Å²) in [5.41, 5.74) is 11.4. The van der Waals surface area contributed by atoms with Crippen LogP contribution >= 0.6 is 0 Å². The highest BCUT2D eigenvalue weighted by Gasteiger charge is 2.17. The quantitative estimate of drug-likeness (QED) is 0.301. The number of hydrogen-bond donors (Lipinski definition) is 0. The van der Waals surface area contributed by atoms with Crippen molar-refractivity contribution < 1.29 is 4.42 Å². The fraction of sp³-hybridized carbons (Fsp3) is 0.207. The van der Waals surface area contributed by atoms with Gasteiger partial charge in [0.05, 0.1) is 5.69 Å². The summed E-state index contributed by atoms with van der Waals surface area (Å²) < 4.78 is 6.52. The molecule has 0 spiro atoms. The highest BCUT2D eigenvalue weighted by atomic mass is 16.3. The maximum atomic E-state index is 6.52. The smallest absolute Gasteiger partial charge is 0.145 e. The zero-order chi connectivity index (χ0) is 21.7. The maximum Gasteiger partial charge on any atom is 0.145 e. The van der Waals surface area contributed by atoms with Crippen molar-refractivity contribution in [3.05, 3.63) is 89.1 Å². The van der Waals surface area contributed by atoms with E-state index in [9.17, 15) is 0 Å². The second-order valence-corrected chi connectivity index (χ2v) is 8.84. The van der Waals surface area contributed by atoms with Crippen molar-refractivity contribution in [2.24, 2.45) is 0 Å². The number of hydrogen-bond acceptors (Lipinski definition) is 2. The summed E-state index contributed by atoms with van der Waals surface area (Å²) in [6.07, 6.45) is 1.90. The molecular formula is C29H27NO. The molecule has 0 unspecified atom stereocenters. The molecule has 2 heterocycles. The average molecular weight is 406 g/mol. The van der Waals surface area contributed by atoms with E-state index >= 15 is 0 Å². The van der Waals surface area contributed by atoms with Gasteiger partial charge in [0.25, 0.3) is 0 Å². The van der Waals surface area contributed by atoms with E-state index in [4.69, 9.17) is 4.42 Å². The second kappa shape index (κ2) is 7.39. The van der Waals surface area contributed by atoms with E-state index in [-0.39, 0.29) is 0 Å². The molecule has 154 valence electrons. The van der Waals surface area contributed by atoms with Gasteiger partial charge >= 0.3 is 0 Å². The lowest BCUT2D eigenvalue weighted by atomic mass is 9.94. The van der Waals surface area contributed by atoms with Gasteiger partial charge in [-0.25, -0.2) is 0 Å². The van der Waals surface area contributed by atoms with E-state index < -0.39 is 0 Å². The number of fused-ring (bicyclic) bond motifs is 3. The Balaban J connectivity index is 1.76. The van der Waals surface area contributed by atoms with Gasteiger partial charge in [0.15, 0.2) is 0 Å². The Morgan fingerprint density at radius 2 is 1.58 bits per heavy atom. The Kier molecular flexibility index (Phi) is 4.66. The summed E-state index contributed by atoms with van der Waals surface area (Å²) in [5, 5.41) is 2.33. The Bertz CT molecular complexity index is 1420. The van der Waals surface area contributed by atoms with Crippen LogP contribution in [0.25, 0.3) is 44.3 Å². The molecule has 31 heavy (non-hydrogen) atoms. The first kappa shape index (κ1) is 19.6. The molecule has 0 amide bonds. The van der Waals surface area contributed by atoms with Gasteiger partial charge in [0, 0.05) is 22.5 Å². The third-order valence-electron chi connectivity index (χ3n) is 6.33. The van der Waals surface area contributed by atoms with Crippen molar-refractivity contribution in [2.75, 3.05) is 0 Å². The van der Waals surface area contributed by atoms with E-state index in [1.165, 1.54) is 38.8 Å². The van der Waals surface area contributed by atoms with Gasteiger partial charge in [-0.1, -0.05) is 44.2 Å². The molecular weight excluding hydrogens is 378 g/mol. The number of pyridine rings is 1. The molecule has 0 aliphatic heterocycles. The predicted molar refractivity (Wildman–Crippen MR) is 131 cm³/mol. The Labute approximate surface area is 183 Å². The van der Waals surface area contributed by atoms with Crippen molar-refractivity contribution in [3.8, 4) is 22.4 Å². The molecule has 3 aromatic carbocycles. The van der Waals surface area contributed by atoms with Crippen LogP contribution in [0.5, 0.6) is 0 Å². The molecule has 0 saturated heterocycles. The van der Waals surface area contributed by atoms with Crippen LogP contribution in [0.4, 0.5) is 0 Å². The highest BCUT2D eigenvalue weighted by molar-refractivity contribution is 6.11. The van der Waals surface area contributed by atoms with Gasteiger partial charge < -0.3 is 4.42 Å². The summed E-state index contributed by atoms with van der Waals surface area (Å²) in [4.78, 5) is 4.67. The summed E-state index contributed by atoms with van der Waals surface area (Å²) in [6.45, 7) is 10.9. The minimum atomic E-state index is 0.457. The molecule has 0 radical (unpaired) electrons. The summed E-state index contributed by atoms with van der Waals surface area (Å²) in [5.74, 6) is 0.457. The third kappa shape index (κ3) is 3.23. The van der Waals surface area contributed by atoms with E-state index in [1.807, 2.05) is 6.20 Å². The lowest BCUT2D eigenvalue weighted by Gasteiger charge is -2.09. The first-order chi connectivity index (χ1) is 14.9. The Hall–Kier alpha value is -3.39. The largest absolute Gasteiger partial charge is 0.455 e. The molecule has 0 bridgehead atoms. The van der Waals surface area contributed by atoms with Crippen LogP contribution in [-0.4, -0.2) is 4.98 Å². The van der Waals surface area contributed by atoms with Crippen molar-refractivity contribution in [3.63, 3.8) is 0 Å². The van der Waals surface area contributed by atoms with Crippen LogP contribution < -0.4 is 0 Å². The van der Waals surface area contributed by atoms with Crippen molar-refractivity contribution in [1.29, 1.82) is 0 Å². The molecule has 2 aromatic heterocycles. The van der Waals surface area contributed by atoms with Crippen LogP contribution in [0.1, 0.15) is 42.0 Å². The summed E-state index contributed by atoms with van der Waals surface area (Å²) >= 11 is 0. The molecule has 0 N–H and O–H groups in total. The van der Waals surface area contributed by atoms with Gasteiger partial charge in [-0.2, -0.15) is 0 Å². The summed E-state index contributed by atoms with van der Waals surface area (Å²) in [7, 11) is 0. The standard InChI is InChI=1S/C29H27NO/c1-17(2)21-13-14-30-25(15-21)23-11-9-20(5)28-24-12-10-22(16-26(24)31-29(23)28)27-18(3)7-6-8-19(27)4/h6-17H,1-5H3. The van der Waals surface area contributed by atoms with Crippen molar-refractivity contribution >= 4 is 21.9 Å². The monoisotopic (exact) mass is 405 g/mol. The van der Waals surface area contributed by atoms with Crippen LogP contribution in [0.2, 0.25) is 0 Å². The topological polar surface area (TPSA) is 26.0 Å². The number of aromatic nitrogens is 1. The molecule has 0 aliphatic rings. The SMILES string of the molecule is Cc1cccc(C)c1-c1ccc2c(c1)oc1c(-c3cc(C(C)C)ccn3)ccc(C)c12. The molecule has 2 nitrogen and oxygen atoms in total. The fourth-order valence-corrected chi connectivity index (χ4v) is 4.63. The minimum Gasteiger partial charge on any atom is -0.455 e. The zero-order valence-electron chi connectivity index (χ0n) is 18.8. The molecule has 5 aromatic rings. The van der Waals surface area contributed by atoms with Gasteiger partial charge in [0.1, 0.15) is 11.2 Å². The van der Waals surface area contributed by atoms with E-state index in [2.05, 4.69) is 100 Å². The number of furan rings is 1. The van der Waals surface area contributed by atoms with Crippen LogP contribution in [0, 0.1) is 20.8 Å². The van der Waals surface area contributed by atoms with E-state index in [1.54, 1.807) is 0 Å². The lowest BCUT2D eigenvalue weighted by molar-refractivity contribution is 0.670. The van der Waals surface area contributed by atoms with Gasteiger partial charge in [-0.15, -0.1) is 0 Å². The van der Waals surface area contributed by atoms with Gasteiger partial charge in [-0.05, 0) is 90.4 Å². The minimum absolute atomic E-state index is 0.457. The normalized spacial score (nSPS) is 11.7. The maximum absolute atomic E-state index is 6.52. The molecule has 0 aliphatic carbocycles. The molecule has 5 rings (SSSR count). The molecule has 0 atom stereocenters. The number of benzene rings is 3. The number of aryl methyl sites for hydroxylation is 3. The number of nitrogens with zero attached hydrogens (tertiary/aromatic N) is 1. The van der Waals surface area contributed by atoms with Crippen LogP contribution in [-0.2, 0) is 0 Å².